The van der Waals surface area contributed by atoms with Crippen molar-refractivity contribution in [3.63, 3.8) is 0 Å². The van der Waals surface area contributed by atoms with E-state index in [1.807, 2.05) is 31.2 Å². The van der Waals surface area contributed by atoms with E-state index in [0.717, 1.165) is 11.3 Å². The maximum atomic E-state index is 12.3. The average Bonchev–Trinajstić information content (AvgIpc) is 2.53. The number of rotatable bonds is 6. The van der Waals surface area contributed by atoms with Crippen molar-refractivity contribution in [3.8, 4) is 0 Å². The first-order chi connectivity index (χ1) is 10.5. The highest BCUT2D eigenvalue weighted by Gasteiger charge is 2.16. The van der Waals surface area contributed by atoms with E-state index >= 15 is 0 Å². The van der Waals surface area contributed by atoms with Crippen LogP contribution >= 0.6 is 11.6 Å². The molecule has 0 radical (unpaired) electrons. The number of hydrogen-bond donors (Lipinski definition) is 0. The quantitative estimate of drug-likeness (QED) is 0.588. The summed E-state index contributed by atoms with van der Waals surface area (Å²) in [5.74, 6) is 0.380. The lowest BCUT2D eigenvalue weighted by atomic mass is 10.2. The van der Waals surface area contributed by atoms with E-state index in [9.17, 15) is 8.42 Å². The topological polar surface area (TPSA) is 46.5 Å². The molecule has 0 spiro atoms. The fourth-order valence-corrected chi connectivity index (χ4v) is 3.80. The molecule has 0 unspecified atom stereocenters. The Bertz CT molecular complexity index is 752. The molecule has 2 aromatic rings. The van der Waals surface area contributed by atoms with Crippen LogP contribution in [0.5, 0.6) is 0 Å². The third-order valence-corrected chi connectivity index (χ3v) is 5.32. The lowest BCUT2D eigenvalue weighted by molar-refractivity contribution is 0.594. The zero-order chi connectivity index (χ0) is 16.0. The first-order valence-corrected chi connectivity index (χ1v) is 9.20. The molecule has 116 valence electrons. The van der Waals surface area contributed by atoms with Crippen molar-refractivity contribution in [2.45, 2.75) is 18.2 Å². The molecule has 0 heterocycles. The molecule has 0 aliphatic carbocycles. The summed E-state index contributed by atoms with van der Waals surface area (Å²) in [7, 11) is -3.34. The molecule has 0 bridgehead atoms. The minimum Gasteiger partial charge on any atom is -0.256 e. The summed E-state index contributed by atoms with van der Waals surface area (Å²) in [6.07, 6.45) is 2.03. The van der Waals surface area contributed by atoms with Crippen LogP contribution in [-0.4, -0.2) is 26.3 Å². The van der Waals surface area contributed by atoms with Crippen LogP contribution in [0.2, 0.25) is 0 Å². The second kappa shape index (κ2) is 7.56. The van der Waals surface area contributed by atoms with Gasteiger partial charge in [-0.15, -0.1) is 11.6 Å². The Labute approximate surface area is 136 Å². The molecule has 2 rings (SSSR count). The van der Waals surface area contributed by atoms with Gasteiger partial charge in [-0.2, -0.15) is 0 Å². The van der Waals surface area contributed by atoms with Crippen LogP contribution in [-0.2, 0) is 9.84 Å². The van der Waals surface area contributed by atoms with Gasteiger partial charge in [-0.1, -0.05) is 35.9 Å². The van der Waals surface area contributed by atoms with Gasteiger partial charge in [0.05, 0.1) is 16.3 Å². The van der Waals surface area contributed by atoms with E-state index in [4.69, 9.17) is 11.6 Å². The van der Waals surface area contributed by atoms with Crippen LogP contribution in [0.15, 0.2) is 58.4 Å². The van der Waals surface area contributed by atoms with Crippen molar-refractivity contribution >= 4 is 33.3 Å². The van der Waals surface area contributed by atoms with Gasteiger partial charge >= 0.3 is 0 Å². The van der Waals surface area contributed by atoms with Gasteiger partial charge in [0.1, 0.15) is 0 Å². The van der Waals surface area contributed by atoms with Gasteiger partial charge in [-0.25, -0.2) is 8.42 Å². The fourth-order valence-electron chi connectivity index (χ4n) is 2.00. The van der Waals surface area contributed by atoms with Gasteiger partial charge in [0.2, 0.25) is 0 Å². The van der Waals surface area contributed by atoms with Gasteiger partial charge < -0.3 is 0 Å². The Morgan fingerprint density at radius 2 is 1.77 bits per heavy atom. The van der Waals surface area contributed by atoms with Crippen LogP contribution in [0.25, 0.3) is 0 Å². The van der Waals surface area contributed by atoms with E-state index in [0.29, 0.717) is 22.8 Å². The molecule has 0 N–H and O–H groups in total. The molecule has 5 heteroatoms. The third kappa shape index (κ3) is 4.42. The Morgan fingerprint density at radius 1 is 1.09 bits per heavy atom. The zero-order valence-corrected chi connectivity index (χ0v) is 13.9. The first kappa shape index (κ1) is 16.7. The fraction of sp³-hybridized carbons (Fsp3) is 0.235. The highest BCUT2D eigenvalue weighted by atomic mass is 35.5. The van der Waals surface area contributed by atoms with E-state index in [-0.39, 0.29) is 5.75 Å². The van der Waals surface area contributed by atoms with Crippen LogP contribution < -0.4 is 0 Å². The molecule has 0 saturated carbocycles. The summed E-state index contributed by atoms with van der Waals surface area (Å²) in [6, 6.07) is 14.6. The standard InChI is InChI=1S/C17H18ClNO2S/c1-14-7-9-16(10-8-14)19-13-15-5-2-3-6-17(15)22(20,21)12-4-11-18/h2-3,5-10,13H,4,11-12H2,1H3. The van der Waals surface area contributed by atoms with Gasteiger partial charge in [0.25, 0.3) is 0 Å². The van der Waals surface area contributed by atoms with E-state index in [1.54, 1.807) is 30.5 Å². The summed E-state index contributed by atoms with van der Waals surface area (Å²) < 4.78 is 24.7. The molecule has 0 saturated heterocycles. The second-order valence-electron chi connectivity index (χ2n) is 4.99. The van der Waals surface area contributed by atoms with Crippen molar-refractivity contribution in [1.29, 1.82) is 0 Å². The number of halogens is 1. The molecule has 3 nitrogen and oxygen atoms in total. The highest BCUT2D eigenvalue weighted by molar-refractivity contribution is 7.91. The highest BCUT2D eigenvalue weighted by Crippen LogP contribution is 2.18. The van der Waals surface area contributed by atoms with Crippen LogP contribution in [0, 0.1) is 6.92 Å². The number of nitrogens with zero attached hydrogens (tertiary/aromatic N) is 1. The van der Waals surface area contributed by atoms with Gasteiger partial charge in [-0.3, -0.25) is 4.99 Å². The van der Waals surface area contributed by atoms with Gasteiger partial charge in [-0.05, 0) is 31.5 Å². The van der Waals surface area contributed by atoms with Gasteiger partial charge in [0.15, 0.2) is 9.84 Å². The predicted octanol–water partition coefficient (Wildman–Crippen LogP) is 4.15. The molecule has 0 aliphatic heterocycles. The Morgan fingerprint density at radius 3 is 2.45 bits per heavy atom. The van der Waals surface area contributed by atoms with Crippen LogP contribution in [0.1, 0.15) is 17.5 Å². The second-order valence-corrected chi connectivity index (χ2v) is 7.45. The lowest BCUT2D eigenvalue weighted by Gasteiger charge is -2.06. The maximum Gasteiger partial charge on any atom is 0.179 e. The molecule has 0 fully saturated rings. The zero-order valence-electron chi connectivity index (χ0n) is 12.4. The monoisotopic (exact) mass is 335 g/mol. The smallest absolute Gasteiger partial charge is 0.179 e. The average molecular weight is 336 g/mol. The summed E-state index contributed by atoms with van der Waals surface area (Å²) in [4.78, 5) is 4.66. The lowest BCUT2D eigenvalue weighted by Crippen LogP contribution is -2.09. The summed E-state index contributed by atoms with van der Waals surface area (Å²) in [5.41, 5.74) is 2.54. The third-order valence-electron chi connectivity index (χ3n) is 3.19. The van der Waals surface area contributed by atoms with Crippen molar-refractivity contribution in [2.75, 3.05) is 11.6 Å². The molecular formula is C17H18ClNO2S. The maximum absolute atomic E-state index is 12.3. The Kier molecular flexibility index (Phi) is 5.75. The Balaban J connectivity index is 2.30. The minimum atomic E-state index is -3.34. The van der Waals surface area contributed by atoms with Crippen molar-refractivity contribution < 1.29 is 8.42 Å². The first-order valence-electron chi connectivity index (χ1n) is 7.01. The molecule has 0 aliphatic rings. The summed E-state index contributed by atoms with van der Waals surface area (Å²) in [6.45, 7) is 2.01. The van der Waals surface area contributed by atoms with Crippen molar-refractivity contribution in [1.82, 2.24) is 0 Å². The number of sulfone groups is 1. The number of aryl methyl sites for hydroxylation is 1. The van der Waals surface area contributed by atoms with E-state index in [2.05, 4.69) is 4.99 Å². The van der Waals surface area contributed by atoms with Crippen LogP contribution in [0.3, 0.4) is 0 Å². The molecule has 0 amide bonds. The number of alkyl halides is 1. The molecule has 0 aromatic heterocycles. The summed E-state index contributed by atoms with van der Waals surface area (Å²) in [5, 5.41) is 0. The van der Waals surface area contributed by atoms with E-state index in [1.165, 1.54) is 0 Å². The molecular weight excluding hydrogens is 318 g/mol. The SMILES string of the molecule is Cc1ccc(N=Cc2ccccc2S(=O)(=O)CCCCl)cc1. The number of hydrogen-bond acceptors (Lipinski definition) is 3. The van der Waals surface area contributed by atoms with Gasteiger partial charge in [0, 0.05) is 17.7 Å². The molecule has 2 aromatic carbocycles. The minimum absolute atomic E-state index is 0.0475. The number of benzene rings is 2. The molecule has 0 atom stereocenters. The number of aliphatic imine (C=N–C) groups is 1. The van der Waals surface area contributed by atoms with E-state index < -0.39 is 9.84 Å². The molecule has 22 heavy (non-hydrogen) atoms. The largest absolute Gasteiger partial charge is 0.256 e. The van der Waals surface area contributed by atoms with Crippen molar-refractivity contribution in [2.24, 2.45) is 4.99 Å². The Hall–Kier alpha value is -1.65. The normalized spacial score (nSPS) is 11.9. The summed E-state index contributed by atoms with van der Waals surface area (Å²) >= 11 is 5.60. The predicted molar refractivity (Wildman–Crippen MR) is 92.3 cm³/mol. The van der Waals surface area contributed by atoms with Crippen molar-refractivity contribution in [3.05, 3.63) is 59.7 Å². The van der Waals surface area contributed by atoms with Crippen LogP contribution in [0.4, 0.5) is 5.69 Å².